The van der Waals surface area contributed by atoms with E-state index in [-0.39, 0.29) is 17.6 Å². The fourth-order valence-corrected chi connectivity index (χ4v) is 3.97. The molecule has 0 spiro atoms. The van der Waals surface area contributed by atoms with Crippen molar-refractivity contribution < 1.29 is 14.0 Å². The first-order valence-corrected chi connectivity index (χ1v) is 10.2. The minimum Gasteiger partial charge on any atom is -0.369 e. The van der Waals surface area contributed by atoms with Crippen LogP contribution >= 0.6 is 11.3 Å². The summed E-state index contributed by atoms with van der Waals surface area (Å²) in [6.07, 6.45) is 0. The molecule has 2 amide bonds. The van der Waals surface area contributed by atoms with Crippen molar-refractivity contribution >= 4 is 28.8 Å². The average Bonchev–Trinajstić information content (AvgIpc) is 3.17. The molecule has 28 heavy (non-hydrogen) atoms. The number of thiophene rings is 1. The summed E-state index contributed by atoms with van der Waals surface area (Å²) in [6.45, 7) is 6.90. The van der Waals surface area contributed by atoms with Crippen molar-refractivity contribution in [3.05, 3.63) is 52.0 Å². The van der Waals surface area contributed by atoms with E-state index in [0.29, 0.717) is 18.0 Å². The Labute approximate surface area is 168 Å². The van der Waals surface area contributed by atoms with Crippen LogP contribution in [-0.2, 0) is 11.3 Å². The third-order valence-corrected chi connectivity index (χ3v) is 5.76. The summed E-state index contributed by atoms with van der Waals surface area (Å²) in [6, 6.07) is 10.3. The van der Waals surface area contributed by atoms with Crippen LogP contribution in [0.4, 0.5) is 10.1 Å². The van der Waals surface area contributed by atoms with Crippen LogP contribution in [-0.4, -0.2) is 56.0 Å². The van der Waals surface area contributed by atoms with E-state index < -0.39 is 0 Å². The quantitative estimate of drug-likeness (QED) is 0.742. The lowest BCUT2D eigenvalue weighted by Crippen LogP contribution is -2.48. The zero-order chi connectivity index (χ0) is 19.9. The number of anilines is 1. The minimum atomic E-state index is -0.217. The van der Waals surface area contributed by atoms with Gasteiger partial charge in [-0.05, 0) is 36.4 Å². The van der Waals surface area contributed by atoms with E-state index in [9.17, 15) is 14.0 Å². The van der Waals surface area contributed by atoms with Crippen LogP contribution in [0.2, 0.25) is 0 Å². The molecule has 0 saturated carbocycles. The van der Waals surface area contributed by atoms with Crippen molar-refractivity contribution in [1.82, 2.24) is 15.5 Å². The fourth-order valence-electron chi connectivity index (χ4n) is 3.10. The number of rotatable bonds is 7. The molecule has 1 aliphatic rings. The summed E-state index contributed by atoms with van der Waals surface area (Å²) in [4.78, 5) is 29.4. The highest BCUT2D eigenvalue weighted by atomic mass is 32.1. The molecule has 1 aromatic heterocycles. The average molecular weight is 405 g/mol. The van der Waals surface area contributed by atoms with Crippen molar-refractivity contribution in [2.24, 2.45) is 0 Å². The second-order valence-corrected chi connectivity index (χ2v) is 7.91. The van der Waals surface area contributed by atoms with Gasteiger partial charge < -0.3 is 15.5 Å². The van der Waals surface area contributed by atoms with E-state index in [1.54, 1.807) is 6.07 Å². The van der Waals surface area contributed by atoms with Crippen molar-refractivity contribution in [2.45, 2.75) is 13.5 Å². The van der Waals surface area contributed by atoms with Gasteiger partial charge in [0.15, 0.2) is 0 Å². The van der Waals surface area contributed by atoms with Gasteiger partial charge in [0, 0.05) is 56.8 Å². The maximum atomic E-state index is 13.0. The zero-order valence-electron chi connectivity index (χ0n) is 15.9. The smallest absolute Gasteiger partial charge is 0.261 e. The monoisotopic (exact) mass is 404 g/mol. The Morgan fingerprint density at radius 2 is 1.75 bits per heavy atom. The maximum Gasteiger partial charge on any atom is 0.261 e. The molecule has 2 N–H and O–H groups in total. The molecule has 0 atom stereocenters. The van der Waals surface area contributed by atoms with Gasteiger partial charge in [-0.1, -0.05) is 0 Å². The summed E-state index contributed by atoms with van der Waals surface area (Å²) >= 11 is 1.39. The minimum absolute atomic E-state index is 0.0796. The van der Waals surface area contributed by atoms with Gasteiger partial charge in [0.1, 0.15) is 5.82 Å². The molecule has 2 aromatic rings. The maximum absolute atomic E-state index is 13.0. The second-order valence-electron chi connectivity index (χ2n) is 6.74. The Kier molecular flexibility index (Phi) is 7.00. The van der Waals surface area contributed by atoms with Crippen LogP contribution in [0.1, 0.15) is 21.5 Å². The molecule has 0 aliphatic carbocycles. The first kappa shape index (κ1) is 20.3. The summed E-state index contributed by atoms with van der Waals surface area (Å²) in [5.41, 5.74) is 1.04. The fraction of sp³-hybridized carbons (Fsp3) is 0.400. The largest absolute Gasteiger partial charge is 0.369 e. The molecule has 1 saturated heterocycles. The predicted molar refractivity (Wildman–Crippen MR) is 109 cm³/mol. The molecular formula is C20H25FN4O2S. The normalized spacial score (nSPS) is 14.7. The highest BCUT2D eigenvalue weighted by molar-refractivity contribution is 7.14. The first-order chi connectivity index (χ1) is 13.5. The molecule has 6 nitrogen and oxygen atoms in total. The number of hydrogen-bond acceptors (Lipinski definition) is 5. The van der Waals surface area contributed by atoms with E-state index in [0.717, 1.165) is 43.3 Å². The van der Waals surface area contributed by atoms with Gasteiger partial charge in [-0.15, -0.1) is 11.3 Å². The highest BCUT2D eigenvalue weighted by Gasteiger charge is 2.17. The number of carbonyl (C=O) groups is 2. The summed E-state index contributed by atoms with van der Waals surface area (Å²) < 4.78 is 13.0. The van der Waals surface area contributed by atoms with E-state index in [1.165, 1.54) is 30.4 Å². The number of nitrogens with one attached hydrogen (secondary N) is 2. The molecule has 1 fully saturated rings. The molecule has 2 heterocycles. The SMILES string of the molecule is CC(=O)NCc1ccc(C(=O)NCCN2CCN(c3ccc(F)cc3)CC2)s1. The number of halogens is 1. The number of hydrogen-bond donors (Lipinski definition) is 2. The van der Waals surface area contributed by atoms with E-state index >= 15 is 0 Å². The molecule has 8 heteroatoms. The van der Waals surface area contributed by atoms with Crippen LogP contribution in [0, 0.1) is 5.82 Å². The second kappa shape index (κ2) is 9.66. The number of piperazine rings is 1. The highest BCUT2D eigenvalue weighted by Crippen LogP contribution is 2.17. The lowest BCUT2D eigenvalue weighted by Gasteiger charge is -2.36. The molecule has 0 unspecified atom stereocenters. The van der Waals surface area contributed by atoms with Gasteiger partial charge in [-0.3, -0.25) is 14.5 Å². The molecule has 0 radical (unpaired) electrons. The van der Waals surface area contributed by atoms with Crippen LogP contribution in [0.15, 0.2) is 36.4 Å². The third kappa shape index (κ3) is 5.77. The van der Waals surface area contributed by atoms with Crippen molar-refractivity contribution in [2.75, 3.05) is 44.2 Å². The molecule has 1 aliphatic heterocycles. The molecule has 3 rings (SSSR count). The number of carbonyl (C=O) groups excluding carboxylic acids is 2. The predicted octanol–water partition coefficient (Wildman–Crippen LogP) is 2.08. The Bertz CT molecular complexity index is 801. The van der Waals surface area contributed by atoms with Gasteiger partial charge in [-0.25, -0.2) is 4.39 Å². The number of benzene rings is 1. The Morgan fingerprint density at radius 3 is 2.43 bits per heavy atom. The standard InChI is InChI=1S/C20H25FN4O2S/c1-15(26)23-14-18-6-7-19(28-18)20(27)22-8-9-24-10-12-25(13-11-24)17-4-2-16(21)3-5-17/h2-7H,8-14H2,1H3,(H,22,27)(H,23,26). The molecule has 150 valence electrons. The van der Waals surface area contributed by atoms with Crippen molar-refractivity contribution in [1.29, 1.82) is 0 Å². The van der Waals surface area contributed by atoms with Gasteiger partial charge in [0.25, 0.3) is 5.91 Å². The van der Waals surface area contributed by atoms with Gasteiger partial charge in [0.05, 0.1) is 11.4 Å². The van der Waals surface area contributed by atoms with E-state index in [4.69, 9.17) is 0 Å². The lowest BCUT2D eigenvalue weighted by atomic mass is 10.2. The Balaban J connectivity index is 1.37. The number of amides is 2. The van der Waals surface area contributed by atoms with Crippen molar-refractivity contribution in [3.63, 3.8) is 0 Å². The molecular weight excluding hydrogens is 379 g/mol. The van der Waals surface area contributed by atoms with Gasteiger partial charge in [-0.2, -0.15) is 0 Å². The van der Waals surface area contributed by atoms with E-state index in [1.807, 2.05) is 18.2 Å². The molecule has 1 aromatic carbocycles. The third-order valence-electron chi connectivity index (χ3n) is 4.67. The Morgan fingerprint density at radius 1 is 1.04 bits per heavy atom. The molecule has 0 bridgehead atoms. The summed E-state index contributed by atoms with van der Waals surface area (Å²) in [5, 5.41) is 5.69. The van der Waals surface area contributed by atoms with Crippen LogP contribution in [0.5, 0.6) is 0 Å². The number of nitrogens with zero attached hydrogens (tertiary/aromatic N) is 2. The lowest BCUT2D eigenvalue weighted by molar-refractivity contribution is -0.119. The summed E-state index contributed by atoms with van der Waals surface area (Å²) in [7, 11) is 0. The topological polar surface area (TPSA) is 64.7 Å². The van der Waals surface area contributed by atoms with Crippen molar-refractivity contribution in [3.8, 4) is 0 Å². The van der Waals surface area contributed by atoms with Crippen LogP contribution in [0.25, 0.3) is 0 Å². The van der Waals surface area contributed by atoms with Gasteiger partial charge >= 0.3 is 0 Å². The zero-order valence-corrected chi connectivity index (χ0v) is 16.7. The van der Waals surface area contributed by atoms with E-state index in [2.05, 4.69) is 20.4 Å². The van der Waals surface area contributed by atoms with Crippen LogP contribution in [0.3, 0.4) is 0 Å². The van der Waals surface area contributed by atoms with Gasteiger partial charge in [0.2, 0.25) is 5.91 Å². The first-order valence-electron chi connectivity index (χ1n) is 9.35. The van der Waals surface area contributed by atoms with Crippen LogP contribution < -0.4 is 15.5 Å². The summed E-state index contributed by atoms with van der Waals surface area (Å²) in [5.74, 6) is -0.381. The Hall–Kier alpha value is -2.45.